The monoisotopic (exact) mass is 724 g/mol. The van der Waals surface area contributed by atoms with E-state index >= 15 is 0 Å². The molecule has 3 rings (SSSR count). The van der Waals surface area contributed by atoms with E-state index < -0.39 is 36.2 Å². The molecule has 1 saturated heterocycles. The zero-order chi connectivity index (χ0) is 38.8. The highest BCUT2D eigenvalue weighted by molar-refractivity contribution is 5.93. The number of carbonyl (C=O) groups excluding carboxylic acids is 4. The standard InChI is InChI=1S/C30H48N8O7.C7H8/c1-6-34-28(41)26-13-22(15-37(26)29(42)24(11-18(2)3)36-27(40)19(4)33-5)38(32)14-21(31)16-45-23-9-7-20(8-10-23)12-25(30(43)44)35-17-39;1-7-5-3-2-4-6-7/h7-10,14,17-19,22,24-26,33H,6,11-13,15-16,31-32H2,1-5H3,(H,34,41)(H,35,39)(H,36,40)(H,43,44);2-6H,1H3/b21-14-;. The van der Waals surface area contributed by atoms with Gasteiger partial charge in [-0.3, -0.25) is 19.2 Å². The van der Waals surface area contributed by atoms with E-state index in [2.05, 4.69) is 40.3 Å². The molecule has 0 radical (unpaired) electrons. The Balaban J connectivity index is 0.00000119. The quantitative estimate of drug-likeness (QED) is 0.0654. The van der Waals surface area contributed by atoms with Gasteiger partial charge >= 0.3 is 5.97 Å². The molecule has 1 aliphatic heterocycles. The fourth-order valence-electron chi connectivity index (χ4n) is 5.43. The van der Waals surface area contributed by atoms with Crippen LogP contribution < -0.4 is 37.6 Å². The molecule has 0 aliphatic carbocycles. The predicted molar refractivity (Wildman–Crippen MR) is 198 cm³/mol. The largest absolute Gasteiger partial charge is 0.487 e. The normalized spacial score (nSPS) is 17.2. The van der Waals surface area contributed by atoms with Crippen LogP contribution in [-0.4, -0.2) is 102 Å². The number of aliphatic carboxylic acids is 1. The fourth-order valence-corrected chi connectivity index (χ4v) is 5.43. The molecule has 2 aromatic carbocycles. The Morgan fingerprint density at radius 2 is 1.71 bits per heavy atom. The maximum absolute atomic E-state index is 13.8. The Morgan fingerprint density at radius 1 is 1.06 bits per heavy atom. The van der Waals surface area contributed by atoms with Crippen LogP contribution >= 0.6 is 0 Å². The lowest BCUT2D eigenvalue weighted by molar-refractivity contribution is -0.142. The molecular weight excluding hydrogens is 668 g/mol. The molecule has 15 nitrogen and oxygen atoms in total. The minimum Gasteiger partial charge on any atom is -0.487 e. The number of benzene rings is 2. The van der Waals surface area contributed by atoms with Gasteiger partial charge in [-0.15, -0.1) is 0 Å². The first-order chi connectivity index (χ1) is 24.7. The minimum atomic E-state index is -1.14. The Morgan fingerprint density at radius 3 is 2.23 bits per heavy atom. The molecule has 4 amide bonds. The van der Waals surface area contributed by atoms with Gasteiger partial charge in [-0.2, -0.15) is 0 Å². The van der Waals surface area contributed by atoms with Crippen LogP contribution in [0.5, 0.6) is 5.75 Å². The van der Waals surface area contributed by atoms with Crippen molar-refractivity contribution in [3.63, 3.8) is 0 Å². The number of ether oxygens (including phenoxy) is 1. The third kappa shape index (κ3) is 14.2. The summed E-state index contributed by atoms with van der Waals surface area (Å²) in [7, 11) is 1.66. The van der Waals surface area contributed by atoms with Gasteiger partial charge in [0.05, 0.1) is 17.8 Å². The SMILES string of the molecule is CCNC(=O)C1CC(N(N)/C=C(\N)COc2ccc(CC(NC=O)C(=O)O)cc2)CN1C(=O)C(CC(C)C)NC(=O)C(C)NC.Cc1ccccc1. The second kappa shape index (κ2) is 21.9. The maximum Gasteiger partial charge on any atom is 0.326 e. The summed E-state index contributed by atoms with van der Waals surface area (Å²) in [5.41, 5.74) is 8.48. The van der Waals surface area contributed by atoms with Gasteiger partial charge in [0.25, 0.3) is 0 Å². The first-order valence-corrected chi connectivity index (χ1v) is 17.4. The van der Waals surface area contributed by atoms with E-state index in [4.69, 9.17) is 16.3 Å². The fraction of sp³-hybridized carbons (Fsp3) is 0.486. The first kappa shape index (κ1) is 43.0. The summed E-state index contributed by atoms with van der Waals surface area (Å²) >= 11 is 0. The summed E-state index contributed by atoms with van der Waals surface area (Å²) in [6, 6.07) is 13.4. The number of aryl methyl sites for hydroxylation is 1. The van der Waals surface area contributed by atoms with Crippen LogP contribution in [-0.2, 0) is 30.4 Å². The zero-order valence-electron chi connectivity index (χ0n) is 31.0. The Labute approximate surface area is 306 Å². The van der Waals surface area contributed by atoms with Crippen molar-refractivity contribution >= 4 is 30.1 Å². The van der Waals surface area contributed by atoms with E-state index in [1.54, 1.807) is 45.2 Å². The molecule has 0 aromatic heterocycles. The number of hydrogen-bond acceptors (Lipinski definition) is 10. The van der Waals surface area contributed by atoms with Crippen LogP contribution in [0.1, 0.15) is 51.7 Å². The Kier molecular flexibility index (Phi) is 18.1. The molecule has 1 heterocycles. The van der Waals surface area contributed by atoms with E-state index in [0.717, 1.165) is 0 Å². The number of likely N-dealkylation sites (N-methyl/N-ethyl adjacent to an activating group) is 2. The molecule has 2 aromatic rings. The van der Waals surface area contributed by atoms with E-state index in [-0.39, 0.29) is 55.3 Å². The summed E-state index contributed by atoms with van der Waals surface area (Å²) < 4.78 is 5.73. The summed E-state index contributed by atoms with van der Waals surface area (Å²) in [4.78, 5) is 62.8. The van der Waals surface area contributed by atoms with Crippen LogP contribution in [0.4, 0.5) is 0 Å². The third-order valence-electron chi connectivity index (χ3n) is 8.38. The summed E-state index contributed by atoms with van der Waals surface area (Å²) in [6.45, 7) is 10.0. The summed E-state index contributed by atoms with van der Waals surface area (Å²) in [5, 5.41) is 21.3. The average Bonchev–Trinajstić information content (AvgIpc) is 3.57. The summed E-state index contributed by atoms with van der Waals surface area (Å²) in [5.74, 6) is 4.83. The van der Waals surface area contributed by atoms with Crippen molar-refractivity contribution in [3.8, 4) is 5.75 Å². The van der Waals surface area contributed by atoms with Crippen molar-refractivity contribution in [2.45, 2.75) is 84.1 Å². The third-order valence-corrected chi connectivity index (χ3v) is 8.38. The van der Waals surface area contributed by atoms with Gasteiger partial charge in [0.15, 0.2) is 0 Å². The molecule has 1 fully saturated rings. The number of nitrogens with two attached hydrogens (primary N) is 2. The van der Waals surface area contributed by atoms with Crippen LogP contribution in [0, 0.1) is 12.8 Å². The zero-order valence-corrected chi connectivity index (χ0v) is 31.0. The van der Waals surface area contributed by atoms with Crippen LogP contribution in [0.25, 0.3) is 0 Å². The lowest BCUT2D eigenvalue weighted by Gasteiger charge is -2.30. The molecule has 0 bridgehead atoms. The number of carboxylic acids is 1. The van der Waals surface area contributed by atoms with Crippen molar-refractivity contribution in [3.05, 3.63) is 77.6 Å². The second-order valence-corrected chi connectivity index (χ2v) is 13.1. The van der Waals surface area contributed by atoms with E-state index in [1.807, 2.05) is 32.0 Å². The van der Waals surface area contributed by atoms with Crippen molar-refractivity contribution in [1.29, 1.82) is 0 Å². The van der Waals surface area contributed by atoms with Gasteiger partial charge in [-0.25, -0.2) is 10.6 Å². The predicted octanol–water partition coefficient (Wildman–Crippen LogP) is 1.02. The molecular formula is C37H56N8O7. The van der Waals surface area contributed by atoms with Gasteiger partial charge < -0.3 is 46.8 Å². The number of rotatable bonds is 18. The molecule has 9 N–H and O–H groups in total. The highest BCUT2D eigenvalue weighted by atomic mass is 16.5. The molecule has 52 heavy (non-hydrogen) atoms. The smallest absolute Gasteiger partial charge is 0.326 e. The molecule has 15 heteroatoms. The molecule has 0 saturated carbocycles. The lowest BCUT2D eigenvalue weighted by Crippen LogP contribution is -2.56. The molecule has 5 unspecified atom stereocenters. The van der Waals surface area contributed by atoms with Gasteiger partial charge in [-0.05, 0) is 57.9 Å². The van der Waals surface area contributed by atoms with Crippen molar-refractivity contribution in [2.24, 2.45) is 17.5 Å². The van der Waals surface area contributed by atoms with E-state index in [0.29, 0.717) is 30.7 Å². The van der Waals surface area contributed by atoms with Gasteiger partial charge in [0, 0.05) is 32.1 Å². The average molecular weight is 725 g/mol. The topological polar surface area (TPSA) is 221 Å². The number of hydrazine groups is 1. The van der Waals surface area contributed by atoms with Crippen molar-refractivity contribution < 1.29 is 33.8 Å². The number of carboxylic acid groups (broad SMARTS) is 1. The lowest BCUT2D eigenvalue weighted by atomic mass is 10.0. The highest BCUT2D eigenvalue weighted by Crippen LogP contribution is 2.24. The maximum atomic E-state index is 13.8. The van der Waals surface area contributed by atoms with Gasteiger partial charge in [0.1, 0.15) is 30.5 Å². The van der Waals surface area contributed by atoms with Crippen LogP contribution in [0.3, 0.4) is 0 Å². The van der Waals surface area contributed by atoms with E-state index in [9.17, 15) is 29.1 Å². The van der Waals surface area contributed by atoms with Crippen LogP contribution in [0.15, 0.2) is 66.5 Å². The Bertz CT molecular complexity index is 1470. The second-order valence-electron chi connectivity index (χ2n) is 13.1. The van der Waals surface area contributed by atoms with Crippen molar-refractivity contribution in [2.75, 3.05) is 26.7 Å². The van der Waals surface area contributed by atoms with E-state index in [1.165, 1.54) is 21.7 Å². The molecule has 1 aliphatic rings. The number of hydrogen-bond donors (Lipinski definition) is 7. The number of carbonyl (C=O) groups is 5. The first-order valence-electron chi connectivity index (χ1n) is 17.4. The number of nitrogens with one attached hydrogen (secondary N) is 4. The highest BCUT2D eigenvalue weighted by Gasteiger charge is 2.43. The Hall–Kier alpha value is -5.15. The summed E-state index contributed by atoms with van der Waals surface area (Å²) in [6.07, 6.45) is 2.61. The van der Waals surface area contributed by atoms with Crippen LogP contribution in [0.2, 0.25) is 0 Å². The molecule has 5 atom stereocenters. The molecule has 0 spiro atoms. The number of amides is 4. The van der Waals surface area contributed by atoms with Gasteiger partial charge in [0.2, 0.25) is 24.1 Å². The van der Waals surface area contributed by atoms with Crippen molar-refractivity contribution in [1.82, 2.24) is 31.2 Å². The minimum absolute atomic E-state index is 0.0151. The number of likely N-dealkylation sites (tertiary alicyclic amines) is 1. The van der Waals surface area contributed by atoms with Gasteiger partial charge in [-0.1, -0.05) is 61.9 Å². The molecule has 286 valence electrons. The number of nitrogens with zero attached hydrogens (tertiary/aromatic N) is 2.